The van der Waals surface area contributed by atoms with Crippen LogP contribution >= 0.6 is 11.3 Å². The zero-order chi connectivity index (χ0) is 18.7. The molecule has 26 heavy (non-hydrogen) atoms. The summed E-state index contributed by atoms with van der Waals surface area (Å²) in [7, 11) is 0. The molecule has 0 aliphatic heterocycles. The molecule has 0 radical (unpaired) electrons. The van der Waals surface area contributed by atoms with Gasteiger partial charge in [-0.1, -0.05) is 12.1 Å². The SMILES string of the molecule is Cc1ncc(-c2cc(F)c(C(=O)NCc3ccc(C#N)cc3)cc2O)s1. The molecule has 0 unspecified atom stereocenters. The third-order valence-corrected chi connectivity index (χ3v) is 4.70. The molecule has 0 bridgehead atoms. The first-order valence-electron chi connectivity index (χ1n) is 7.70. The standard InChI is InChI=1S/C19H14FN3O2S/c1-11-22-10-18(26-11)15-6-16(20)14(7-17(15)24)19(25)23-9-13-4-2-12(8-21)3-5-13/h2-7,10,24H,9H2,1H3,(H,23,25). The fraction of sp³-hybridized carbons (Fsp3) is 0.105. The second-order valence-corrected chi connectivity index (χ2v) is 6.82. The normalized spacial score (nSPS) is 10.3. The Bertz CT molecular complexity index is 1010. The van der Waals surface area contributed by atoms with Crippen molar-refractivity contribution >= 4 is 17.2 Å². The van der Waals surface area contributed by atoms with Crippen molar-refractivity contribution < 1.29 is 14.3 Å². The zero-order valence-electron chi connectivity index (χ0n) is 13.8. The molecule has 0 saturated carbocycles. The van der Waals surface area contributed by atoms with Gasteiger partial charge < -0.3 is 10.4 Å². The Hall–Kier alpha value is -3.24. The van der Waals surface area contributed by atoms with E-state index in [-0.39, 0.29) is 17.9 Å². The van der Waals surface area contributed by atoms with E-state index in [9.17, 15) is 14.3 Å². The average Bonchev–Trinajstić information content (AvgIpc) is 3.07. The maximum absolute atomic E-state index is 14.4. The molecule has 1 amide bonds. The highest BCUT2D eigenvalue weighted by atomic mass is 32.1. The Balaban J connectivity index is 1.77. The van der Waals surface area contributed by atoms with Crippen LogP contribution in [0.1, 0.15) is 26.5 Å². The number of thiazole rings is 1. The van der Waals surface area contributed by atoms with E-state index in [1.165, 1.54) is 11.3 Å². The van der Waals surface area contributed by atoms with Crippen LogP contribution in [0.4, 0.5) is 4.39 Å². The summed E-state index contributed by atoms with van der Waals surface area (Å²) in [6, 6.07) is 11.0. The highest BCUT2D eigenvalue weighted by Gasteiger charge is 2.17. The molecule has 0 aliphatic rings. The van der Waals surface area contributed by atoms with E-state index in [1.807, 2.05) is 13.0 Å². The van der Waals surface area contributed by atoms with Crippen LogP contribution in [0.15, 0.2) is 42.6 Å². The second kappa shape index (κ2) is 7.33. The van der Waals surface area contributed by atoms with Crippen molar-refractivity contribution in [2.24, 2.45) is 0 Å². The molecule has 0 atom stereocenters. The molecule has 0 spiro atoms. The number of hydrogen-bond donors (Lipinski definition) is 2. The van der Waals surface area contributed by atoms with Crippen molar-refractivity contribution in [3.05, 3.63) is 70.1 Å². The maximum Gasteiger partial charge on any atom is 0.254 e. The lowest BCUT2D eigenvalue weighted by Gasteiger charge is -2.09. The van der Waals surface area contributed by atoms with Crippen molar-refractivity contribution in [2.45, 2.75) is 13.5 Å². The first-order chi connectivity index (χ1) is 12.5. The smallest absolute Gasteiger partial charge is 0.254 e. The molecule has 7 heteroatoms. The van der Waals surface area contributed by atoms with Gasteiger partial charge in [-0.05, 0) is 36.8 Å². The van der Waals surface area contributed by atoms with Gasteiger partial charge in [0.15, 0.2) is 0 Å². The quantitative estimate of drug-likeness (QED) is 0.735. The Kier molecular flexibility index (Phi) is 4.96. The number of aromatic nitrogens is 1. The van der Waals surface area contributed by atoms with Gasteiger partial charge in [0, 0.05) is 18.3 Å². The maximum atomic E-state index is 14.4. The van der Waals surface area contributed by atoms with Crippen molar-refractivity contribution in [3.8, 4) is 22.3 Å². The summed E-state index contributed by atoms with van der Waals surface area (Å²) in [5.41, 5.74) is 1.36. The summed E-state index contributed by atoms with van der Waals surface area (Å²) in [5, 5.41) is 22.3. The van der Waals surface area contributed by atoms with Gasteiger partial charge in [0.1, 0.15) is 11.6 Å². The average molecular weight is 367 g/mol. The Labute approximate surface area is 153 Å². The van der Waals surface area contributed by atoms with Crippen LogP contribution < -0.4 is 5.32 Å². The number of benzene rings is 2. The predicted octanol–water partition coefficient (Wildman–Crippen LogP) is 3.76. The lowest BCUT2D eigenvalue weighted by atomic mass is 10.1. The van der Waals surface area contributed by atoms with Crippen LogP contribution in [0.5, 0.6) is 5.75 Å². The van der Waals surface area contributed by atoms with Crippen LogP contribution in [-0.2, 0) is 6.54 Å². The topological polar surface area (TPSA) is 86.0 Å². The fourth-order valence-electron chi connectivity index (χ4n) is 2.39. The first-order valence-corrected chi connectivity index (χ1v) is 8.52. The van der Waals surface area contributed by atoms with E-state index in [0.29, 0.717) is 16.0 Å². The Morgan fingerprint density at radius 3 is 2.69 bits per heavy atom. The molecule has 0 aliphatic carbocycles. The molecule has 2 aromatic carbocycles. The lowest BCUT2D eigenvalue weighted by molar-refractivity contribution is 0.0946. The van der Waals surface area contributed by atoms with E-state index >= 15 is 0 Å². The molecule has 1 aromatic heterocycles. The van der Waals surface area contributed by atoms with Crippen LogP contribution in [0.2, 0.25) is 0 Å². The third-order valence-electron chi connectivity index (χ3n) is 3.75. The molecule has 5 nitrogen and oxygen atoms in total. The highest BCUT2D eigenvalue weighted by molar-refractivity contribution is 7.15. The molecule has 0 fully saturated rings. The van der Waals surface area contributed by atoms with Crippen LogP contribution in [0, 0.1) is 24.1 Å². The number of carbonyl (C=O) groups excluding carboxylic acids is 1. The minimum absolute atomic E-state index is 0.181. The van der Waals surface area contributed by atoms with Gasteiger partial charge in [-0.15, -0.1) is 11.3 Å². The number of aryl methyl sites for hydroxylation is 1. The summed E-state index contributed by atoms with van der Waals surface area (Å²) in [6.45, 7) is 1.99. The Morgan fingerprint density at radius 2 is 2.08 bits per heavy atom. The van der Waals surface area contributed by atoms with Crippen molar-refractivity contribution in [2.75, 3.05) is 0 Å². The predicted molar refractivity (Wildman–Crippen MR) is 96.2 cm³/mol. The Morgan fingerprint density at radius 1 is 1.35 bits per heavy atom. The molecule has 1 heterocycles. The van der Waals surface area contributed by atoms with E-state index in [1.54, 1.807) is 30.5 Å². The highest BCUT2D eigenvalue weighted by Crippen LogP contribution is 2.34. The van der Waals surface area contributed by atoms with E-state index < -0.39 is 11.7 Å². The van der Waals surface area contributed by atoms with Crippen molar-refractivity contribution in [3.63, 3.8) is 0 Å². The van der Waals surface area contributed by atoms with Gasteiger partial charge in [0.25, 0.3) is 5.91 Å². The van der Waals surface area contributed by atoms with Crippen LogP contribution in [0.25, 0.3) is 10.4 Å². The number of phenols is 1. The summed E-state index contributed by atoms with van der Waals surface area (Å²) < 4.78 is 14.4. The van der Waals surface area contributed by atoms with E-state index in [2.05, 4.69) is 10.3 Å². The van der Waals surface area contributed by atoms with Gasteiger partial charge >= 0.3 is 0 Å². The number of nitrogens with zero attached hydrogens (tertiary/aromatic N) is 2. The number of rotatable bonds is 4. The summed E-state index contributed by atoms with van der Waals surface area (Å²) in [4.78, 5) is 17.0. The molecule has 2 N–H and O–H groups in total. The van der Waals surface area contributed by atoms with Crippen LogP contribution in [0.3, 0.4) is 0 Å². The number of halogens is 1. The second-order valence-electron chi connectivity index (χ2n) is 5.58. The molecular formula is C19H14FN3O2S. The van der Waals surface area contributed by atoms with Gasteiger partial charge in [0.05, 0.1) is 27.1 Å². The number of nitrogens with one attached hydrogen (secondary N) is 1. The third kappa shape index (κ3) is 3.71. The molecule has 130 valence electrons. The van der Waals surface area contributed by atoms with Gasteiger partial charge in [-0.3, -0.25) is 4.79 Å². The monoisotopic (exact) mass is 367 g/mol. The number of aromatic hydroxyl groups is 1. The summed E-state index contributed by atoms with van der Waals surface area (Å²) in [6.07, 6.45) is 1.55. The number of carbonyl (C=O) groups is 1. The van der Waals surface area contributed by atoms with Crippen molar-refractivity contribution in [1.29, 1.82) is 5.26 Å². The molecular weight excluding hydrogens is 353 g/mol. The minimum Gasteiger partial charge on any atom is -0.507 e. The molecule has 3 rings (SSSR count). The number of nitriles is 1. The summed E-state index contributed by atoms with van der Waals surface area (Å²) >= 11 is 1.33. The fourth-order valence-corrected chi connectivity index (χ4v) is 3.20. The summed E-state index contributed by atoms with van der Waals surface area (Å²) in [5.74, 6) is -1.53. The minimum atomic E-state index is -0.721. The first kappa shape index (κ1) is 17.6. The lowest BCUT2D eigenvalue weighted by Crippen LogP contribution is -2.23. The van der Waals surface area contributed by atoms with Gasteiger partial charge in [-0.25, -0.2) is 9.37 Å². The number of amides is 1. The number of phenolic OH excluding ortho intramolecular Hbond substituents is 1. The zero-order valence-corrected chi connectivity index (χ0v) is 14.6. The van der Waals surface area contributed by atoms with E-state index in [4.69, 9.17) is 5.26 Å². The van der Waals surface area contributed by atoms with Gasteiger partial charge in [-0.2, -0.15) is 5.26 Å². The van der Waals surface area contributed by atoms with Crippen LogP contribution in [-0.4, -0.2) is 16.0 Å². The molecule has 3 aromatic rings. The van der Waals surface area contributed by atoms with E-state index in [0.717, 1.165) is 22.7 Å². The largest absolute Gasteiger partial charge is 0.507 e. The molecule has 0 saturated heterocycles. The van der Waals surface area contributed by atoms with Crippen molar-refractivity contribution in [1.82, 2.24) is 10.3 Å². The van der Waals surface area contributed by atoms with Gasteiger partial charge in [0.2, 0.25) is 0 Å². The number of hydrogen-bond acceptors (Lipinski definition) is 5.